The molecule has 2 aromatic rings. The van der Waals surface area contributed by atoms with Gasteiger partial charge in [-0.15, -0.1) is 0 Å². The second kappa shape index (κ2) is 12.3. The smallest absolute Gasteiger partial charge is 0.330 e. The molecule has 6 heteroatoms. The Morgan fingerprint density at radius 1 is 0.650 bits per heavy atom. The maximum Gasteiger partial charge on any atom is 0.330 e. The van der Waals surface area contributed by atoms with Crippen LogP contribution < -0.4 is 10.9 Å². The minimum atomic E-state index is -0.975. The summed E-state index contributed by atoms with van der Waals surface area (Å²) in [7, 11) is 3.58. The van der Waals surface area contributed by atoms with Gasteiger partial charge in [-0.1, -0.05) is 99.7 Å². The first-order valence-corrected chi connectivity index (χ1v) is 15.2. The molecule has 0 atom stereocenters. The Hall–Kier alpha value is -1.59. The van der Waals surface area contributed by atoms with Gasteiger partial charge in [-0.3, -0.25) is 0 Å². The minimum Gasteiger partial charge on any atom is -0.427 e. The Bertz CT molecular complexity index is 1060. The van der Waals surface area contributed by atoms with Gasteiger partial charge in [0.1, 0.15) is 0 Å². The van der Waals surface area contributed by atoms with Crippen molar-refractivity contribution in [3.63, 3.8) is 0 Å². The van der Waals surface area contributed by atoms with E-state index in [0.29, 0.717) is 0 Å². The number of unbranched alkanes of at least 4 members (excludes halogenated alkanes) is 5. The quantitative estimate of drug-likeness (QED) is 0.202. The molecule has 0 aromatic heterocycles. The van der Waals surface area contributed by atoms with E-state index in [9.17, 15) is 10.2 Å². The summed E-state index contributed by atoms with van der Waals surface area (Å²) < 4.78 is 12.2. The van der Waals surface area contributed by atoms with Crippen LogP contribution in [-0.2, 0) is 14.7 Å². The van der Waals surface area contributed by atoms with Crippen LogP contribution in [0.15, 0.2) is 36.4 Å². The Morgan fingerprint density at radius 2 is 1.05 bits per heavy atom. The first-order valence-electron chi connectivity index (χ1n) is 15.2. The lowest BCUT2D eigenvalue weighted by atomic mass is 9.72. The molecule has 2 aromatic carbocycles. The fraction of sp³-hybridized carbons (Fsp3) is 0.647. The number of aliphatic hydroxyl groups is 2. The summed E-state index contributed by atoms with van der Waals surface area (Å²) in [6.45, 7) is 19.4. The summed E-state index contributed by atoms with van der Waals surface area (Å²) in [5, 5.41) is 21.1. The summed E-state index contributed by atoms with van der Waals surface area (Å²) in [4.78, 5) is 0. The van der Waals surface area contributed by atoms with Gasteiger partial charge in [0.25, 0.3) is 0 Å². The molecule has 218 valence electrons. The molecular weight excluding hydrogens is 494 g/mol. The number of fused-ring (bicyclic) bond motifs is 3. The highest BCUT2D eigenvalue weighted by Crippen LogP contribution is 2.50. The lowest BCUT2D eigenvalue weighted by molar-refractivity contribution is -0.0893. The Morgan fingerprint density at radius 3 is 1.45 bits per heavy atom. The molecule has 0 fully saturated rings. The molecule has 0 heterocycles. The highest BCUT2D eigenvalue weighted by atomic mass is 16.5. The van der Waals surface area contributed by atoms with Crippen molar-refractivity contribution in [2.45, 2.75) is 142 Å². The summed E-state index contributed by atoms with van der Waals surface area (Å²) in [5.74, 6) is 0. The van der Waals surface area contributed by atoms with Crippen molar-refractivity contribution in [3.05, 3.63) is 47.5 Å². The fourth-order valence-electron chi connectivity index (χ4n) is 5.05. The van der Waals surface area contributed by atoms with E-state index in [1.54, 1.807) is 42.7 Å². The molecule has 0 spiro atoms. The van der Waals surface area contributed by atoms with Crippen molar-refractivity contribution >= 4 is 25.9 Å². The van der Waals surface area contributed by atoms with E-state index in [-0.39, 0.29) is 5.41 Å². The normalized spacial score (nSPS) is 15.1. The van der Waals surface area contributed by atoms with Gasteiger partial charge in [-0.2, -0.15) is 0 Å². The van der Waals surface area contributed by atoms with E-state index in [4.69, 9.17) is 9.31 Å². The van der Waals surface area contributed by atoms with Gasteiger partial charge >= 0.3 is 15.0 Å². The Balaban J connectivity index is 1.91. The number of hydrogen-bond donors (Lipinski definition) is 2. The lowest BCUT2D eigenvalue weighted by Crippen LogP contribution is -2.49. The molecule has 0 unspecified atom stereocenters. The number of benzene rings is 2. The van der Waals surface area contributed by atoms with E-state index in [1.807, 2.05) is 27.7 Å². The number of rotatable bonds is 15. The molecule has 1 aliphatic rings. The largest absolute Gasteiger partial charge is 0.427 e. The zero-order valence-corrected chi connectivity index (χ0v) is 26.8. The van der Waals surface area contributed by atoms with Crippen LogP contribution in [0.4, 0.5) is 0 Å². The van der Waals surface area contributed by atoms with Gasteiger partial charge in [0.15, 0.2) is 0 Å². The number of hydrogen-bond acceptors (Lipinski definition) is 4. The van der Waals surface area contributed by atoms with Crippen molar-refractivity contribution in [3.8, 4) is 11.1 Å². The SMILES string of the molecule is CCCCCCCCC1(C)c2cc([B]OC(C)(C)C(C)(C)O)ccc2-c2ccc([B]OC(C)(C)C(C)(C)O)cc21. The summed E-state index contributed by atoms with van der Waals surface area (Å²) in [6, 6.07) is 13.2. The van der Waals surface area contributed by atoms with Crippen molar-refractivity contribution in [1.82, 2.24) is 0 Å². The third-order valence-corrected chi connectivity index (χ3v) is 9.52. The van der Waals surface area contributed by atoms with Crippen LogP contribution in [-0.4, -0.2) is 47.6 Å². The van der Waals surface area contributed by atoms with Crippen LogP contribution in [0.3, 0.4) is 0 Å². The predicted octanol–water partition coefficient (Wildman–Crippen LogP) is 6.34. The molecule has 0 aliphatic heterocycles. The molecule has 0 amide bonds. The van der Waals surface area contributed by atoms with Crippen molar-refractivity contribution in [1.29, 1.82) is 0 Å². The van der Waals surface area contributed by atoms with Crippen LogP contribution >= 0.6 is 0 Å². The minimum absolute atomic E-state index is 0.138. The monoisotopic (exact) mass is 546 g/mol. The average Bonchev–Trinajstić information content (AvgIpc) is 3.10. The van der Waals surface area contributed by atoms with E-state index in [1.165, 1.54) is 60.8 Å². The van der Waals surface area contributed by atoms with Crippen LogP contribution in [0.25, 0.3) is 11.1 Å². The highest BCUT2D eigenvalue weighted by molar-refractivity contribution is 6.47. The molecular formula is C34H52B2O4. The topological polar surface area (TPSA) is 58.9 Å². The van der Waals surface area contributed by atoms with Gasteiger partial charge in [-0.05, 0) is 84.1 Å². The Kier molecular flexibility index (Phi) is 10.2. The molecule has 4 nitrogen and oxygen atoms in total. The summed E-state index contributed by atoms with van der Waals surface area (Å²) in [5.41, 5.74) is 3.65. The first kappa shape index (κ1) is 32.9. The molecule has 1 aliphatic carbocycles. The standard InChI is InChI=1S/C34H52B2O4/c1-11-12-13-14-15-16-21-34(10)28-22-24(35-39-32(6,7)30(2,3)37)17-19-26(28)27-20-18-25(23-29(27)34)36-40-33(8,9)31(4,5)38/h17-20,22-23,37-38H,11-16,21H2,1-10H3. The van der Waals surface area contributed by atoms with Crippen LogP contribution in [0.2, 0.25) is 0 Å². The van der Waals surface area contributed by atoms with Gasteiger partial charge in [0.2, 0.25) is 0 Å². The second-order valence-corrected chi connectivity index (χ2v) is 14.1. The lowest BCUT2D eigenvalue weighted by Gasteiger charge is -2.37. The van der Waals surface area contributed by atoms with E-state index < -0.39 is 22.4 Å². The third kappa shape index (κ3) is 7.24. The fourth-order valence-corrected chi connectivity index (χ4v) is 5.05. The van der Waals surface area contributed by atoms with Crippen LogP contribution in [0.5, 0.6) is 0 Å². The van der Waals surface area contributed by atoms with Gasteiger partial charge in [-0.25, -0.2) is 0 Å². The van der Waals surface area contributed by atoms with Crippen molar-refractivity contribution in [2.75, 3.05) is 0 Å². The zero-order valence-electron chi connectivity index (χ0n) is 26.8. The molecule has 0 saturated heterocycles. The molecule has 40 heavy (non-hydrogen) atoms. The van der Waals surface area contributed by atoms with Crippen molar-refractivity contribution in [2.24, 2.45) is 0 Å². The molecule has 3 rings (SSSR count). The molecule has 0 bridgehead atoms. The van der Waals surface area contributed by atoms with Gasteiger partial charge < -0.3 is 19.5 Å². The van der Waals surface area contributed by atoms with Gasteiger partial charge in [0.05, 0.1) is 22.4 Å². The second-order valence-electron chi connectivity index (χ2n) is 14.1. The third-order valence-electron chi connectivity index (χ3n) is 9.52. The van der Waals surface area contributed by atoms with E-state index in [0.717, 1.165) is 17.3 Å². The predicted molar refractivity (Wildman–Crippen MR) is 170 cm³/mol. The summed E-state index contributed by atoms with van der Waals surface area (Å²) in [6.07, 6.45) is 8.64. The maximum atomic E-state index is 10.5. The van der Waals surface area contributed by atoms with Crippen LogP contribution in [0.1, 0.15) is 125 Å². The molecule has 0 saturated carbocycles. The zero-order chi connectivity index (χ0) is 30.0. The average molecular weight is 546 g/mol. The van der Waals surface area contributed by atoms with Crippen molar-refractivity contribution < 1.29 is 19.5 Å². The van der Waals surface area contributed by atoms with E-state index >= 15 is 0 Å². The Labute approximate surface area is 245 Å². The van der Waals surface area contributed by atoms with Gasteiger partial charge in [0, 0.05) is 5.41 Å². The van der Waals surface area contributed by atoms with Crippen LogP contribution in [0, 0.1) is 0 Å². The summed E-state index contributed by atoms with van der Waals surface area (Å²) >= 11 is 0. The molecule has 2 N–H and O–H groups in total. The molecule has 2 radical (unpaired) electrons. The first-order chi connectivity index (χ1) is 18.4. The highest BCUT2D eigenvalue weighted by Gasteiger charge is 2.41. The van der Waals surface area contributed by atoms with E-state index in [2.05, 4.69) is 50.2 Å². The maximum absolute atomic E-state index is 10.5.